The highest BCUT2D eigenvalue weighted by Gasteiger charge is 2.45. The molecule has 0 saturated carbocycles. The number of esters is 1. The lowest BCUT2D eigenvalue weighted by molar-refractivity contribution is -0.151. The molecule has 2 fully saturated rings. The highest BCUT2D eigenvalue weighted by Crippen LogP contribution is 2.36. The van der Waals surface area contributed by atoms with Gasteiger partial charge in [-0.3, -0.25) is 4.79 Å². The fourth-order valence-electron chi connectivity index (χ4n) is 6.51. The van der Waals surface area contributed by atoms with Crippen LogP contribution in [0.2, 0.25) is 0 Å². The zero-order valence-corrected chi connectivity index (χ0v) is 29.3. The monoisotopic (exact) mass is 648 g/mol. The van der Waals surface area contributed by atoms with Gasteiger partial charge in [0.05, 0.1) is 30.8 Å². The van der Waals surface area contributed by atoms with Gasteiger partial charge in [0.1, 0.15) is 11.7 Å². The molecule has 46 heavy (non-hydrogen) atoms. The number of hydrogen-bond donors (Lipinski definition) is 3. The topological polar surface area (TPSA) is 132 Å². The Kier molecular flexibility index (Phi) is 14.3. The number of amides is 1. The summed E-state index contributed by atoms with van der Waals surface area (Å²) in [6, 6.07) is 0.0627. The fraction of sp³-hybridized carbons (Fsp3) is 0.778. The number of ether oxygens (including phenoxy) is 3. The second-order valence-electron chi connectivity index (χ2n) is 14.3. The number of hydrogen-bond acceptors (Lipinski definition) is 9. The van der Waals surface area contributed by atoms with Crippen molar-refractivity contribution in [3.63, 3.8) is 0 Å². The number of aliphatic hydroxyl groups is 3. The molecule has 1 amide bonds. The fourth-order valence-corrected chi connectivity index (χ4v) is 6.51. The molecular formula is C36H60N2O8. The predicted octanol–water partition coefficient (Wildman–Crippen LogP) is 4.62. The van der Waals surface area contributed by atoms with Crippen LogP contribution in [0, 0.1) is 17.8 Å². The van der Waals surface area contributed by atoms with E-state index in [0.717, 1.165) is 37.9 Å². The first-order valence-corrected chi connectivity index (χ1v) is 17.2. The van der Waals surface area contributed by atoms with E-state index in [9.17, 15) is 24.9 Å². The van der Waals surface area contributed by atoms with Crippen LogP contribution in [0.1, 0.15) is 86.5 Å². The smallest absolute Gasteiger partial charge is 0.410 e. The number of carbonyl (C=O) groups is 2. The molecule has 0 radical (unpaired) electrons. The average molecular weight is 649 g/mol. The van der Waals surface area contributed by atoms with E-state index in [1.54, 1.807) is 24.9 Å². The van der Waals surface area contributed by atoms with Gasteiger partial charge in [-0.2, -0.15) is 0 Å². The lowest BCUT2D eigenvalue weighted by Crippen LogP contribution is -2.48. The van der Waals surface area contributed by atoms with E-state index < -0.39 is 36.0 Å². The van der Waals surface area contributed by atoms with Crippen LogP contribution in [0.3, 0.4) is 0 Å². The van der Waals surface area contributed by atoms with Crippen LogP contribution in [-0.2, 0) is 19.0 Å². The van der Waals surface area contributed by atoms with Crippen molar-refractivity contribution in [3.8, 4) is 0 Å². The molecule has 10 atom stereocenters. The SMILES string of the molecule is CCC(O)C(C)C1OC1CC(C)/C=C/C=C(\C)C1OC(=O)CC(O)CCC(C)(O)C(OC(=O)N(C)C2CCN(C)CC2)/C=C/C1C. The minimum atomic E-state index is -1.46. The third-order valence-electron chi connectivity index (χ3n) is 10.1. The molecule has 3 heterocycles. The van der Waals surface area contributed by atoms with Gasteiger partial charge in [0, 0.05) is 24.9 Å². The number of rotatable bonds is 10. The summed E-state index contributed by atoms with van der Waals surface area (Å²) in [7, 11) is 3.81. The largest absolute Gasteiger partial charge is 0.457 e. The lowest BCUT2D eigenvalue weighted by atomic mass is 9.88. The third kappa shape index (κ3) is 11.2. The molecule has 0 aromatic rings. The normalized spacial score (nSPS) is 34.9. The van der Waals surface area contributed by atoms with Crippen LogP contribution >= 0.6 is 0 Å². The van der Waals surface area contributed by atoms with E-state index in [2.05, 4.69) is 24.9 Å². The Morgan fingerprint density at radius 3 is 2.57 bits per heavy atom. The van der Waals surface area contributed by atoms with Crippen molar-refractivity contribution in [2.24, 2.45) is 17.8 Å². The van der Waals surface area contributed by atoms with Gasteiger partial charge in [0.25, 0.3) is 0 Å². The Morgan fingerprint density at radius 2 is 1.91 bits per heavy atom. The average Bonchev–Trinajstić information content (AvgIpc) is 3.77. The van der Waals surface area contributed by atoms with Crippen LogP contribution < -0.4 is 0 Å². The number of allylic oxidation sites excluding steroid dienone is 3. The molecule has 262 valence electrons. The van der Waals surface area contributed by atoms with Gasteiger partial charge < -0.3 is 39.3 Å². The molecule has 3 N–H and O–H groups in total. The van der Waals surface area contributed by atoms with Crippen molar-refractivity contribution in [1.82, 2.24) is 9.80 Å². The number of epoxide rings is 1. The van der Waals surface area contributed by atoms with Gasteiger partial charge >= 0.3 is 12.1 Å². The van der Waals surface area contributed by atoms with Gasteiger partial charge in [0.15, 0.2) is 6.10 Å². The van der Waals surface area contributed by atoms with Gasteiger partial charge in [-0.1, -0.05) is 52.0 Å². The van der Waals surface area contributed by atoms with Gasteiger partial charge in [-0.05, 0) is 90.1 Å². The van der Waals surface area contributed by atoms with Crippen molar-refractivity contribution in [1.29, 1.82) is 0 Å². The third-order valence-corrected chi connectivity index (χ3v) is 10.1. The summed E-state index contributed by atoms with van der Waals surface area (Å²) in [6.07, 6.45) is 9.68. The highest BCUT2D eigenvalue weighted by atomic mass is 16.6. The van der Waals surface area contributed by atoms with E-state index >= 15 is 0 Å². The highest BCUT2D eigenvalue weighted by molar-refractivity contribution is 5.70. The number of likely N-dealkylation sites (tertiary alicyclic amines) is 1. The molecule has 0 aromatic heterocycles. The number of nitrogens with zero attached hydrogens (tertiary/aromatic N) is 2. The predicted molar refractivity (Wildman–Crippen MR) is 178 cm³/mol. The summed E-state index contributed by atoms with van der Waals surface area (Å²) in [5.74, 6) is -0.449. The molecule has 0 bridgehead atoms. The zero-order chi connectivity index (χ0) is 34.2. The molecule has 0 aromatic carbocycles. The molecule has 3 rings (SSSR count). The number of aliphatic hydroxyl groups excluding tert-OH is 2. The summed E-state index contributed by atoms with van der Waals surface area (Å²) in [6.45, 7) is 13.3. The van der Waals surface area contributed by atoms with E-state index in [0.29, 0.717) is 6.42 Å². The first kappa shape index (κ1) is 38.2. The van der Waals surface area contributed by atoms with Crippen molar-refractivity contribution < 1.29 is 39.1 Å². The first-order chi connectivity index (χ1) is 21.6. The summed E-state index contributed by atoms with van der Waals surface area (Å²) >= 11 is 0. The Morgan fingerprint density at radius 1 is 1.24 bits per heavy atom. The zero-order valence-electron chi connectivity index (χ0n) is 29.3. The summed E-state index contributed by atoms with van der Waals surface area (Å²) in [5, 5.41) is 32.2. The van der Waals surface area contributed by atoms with E-state index in [-0.39, 0.29) is 61.4 Å². The minimum Gasteiger partial charge on any atom is -0.457 e. The van der Waals surface area contributed by atoms with E-state index in [1.807, 2.05) is 45.9 Å². The number of carbonyl (C=O) groups excluding carboxylic acids is 2. The molecule has 0 aliphatic carbocycles. The van der Waals surface area contributed by atoms with Crippen molar-refractivity contribution in [2.75, 3.05) is 27.2 Å². The molecule has 0 spiro atoms. The summed E-state index contributed by atoms with van der Waals surface area (Å²) < 4.78 is 17.7. The van der Waals surface area contributed by atoms with Gasteiger partial charge in [-0.15, -0.1) is 0 Å². The maximum absolute atomic E-state index is 13.2. The summed E-state index contributed by atoms with van der Waals surface area (Å²) in [4.78, 5) is 29.9. The Balaban J connectivity index is 1.71. The van der Waals surface area contributed by atoms with Gasteiger partial charge in [-0.25, -0.2) is 4.79 Å². The standard InChI is InChI=1S/C36H60N2O8/c1-9-29(40)26(5)34-30(44-34)21-23(2)11-10-12-24(3)33-25(4)13-14-31(36(6,43)18-15-28(39)22-32(41)46-33)45-35(42)38(8)27-16-19-37(7)20-17-27/h10-14,23,25-31,33-34,39-40,43H,9,15-22H2,1-8H3/b11-10+,14-13+,24-12+. The molecule has 3 aliphatic heterocycles. The molecular weight excluding hydrogens is 588 g/mol. The Bertz CT molecular complexity index is 1080. The second-order valence-corrected chi connectivity index (χ2v) is 14.3. The van der Waals surface area contributed by atoms with E-state index in [4.69, 9.17) is 14.2 Å². The Hall–Kier alpha value is -2.24. The van der Waals surface area contributed by atoms with Crippen LogP contribution in [0.15, 0.2) is 36.0 Å². The lowest BCUT2D eigenvalue weighted by Gasteiger charge is -2.37. The molecule has 3 aliphatic rings. The maximum atomic E-state index is 13.2. The van der Waals surface area contributed by atoms with Crippen molar-refractivity contribution >= 4 is 12.1 Å². The van der Waals surface area contributed by atoms with Crippen molar-refractivity contribution in [2.45, 2.75) is 135 Å². The first-order valence-electron chi connectivity index (χ1n) is 17.2. The summed E-state index contributed by atoms with van der Waals surface area (Å²) in [5.41, 5.74) is -0.637. The van der Waals surface area contributed by atoms with Crippen LogP contribution in [0.25, 0.3) is 0 Å². The quantitative estimate of drug-likeness (QED) is 0.134. The Labute approximate surface area is 276 Å². The molecule has 10 nitrogen and oxygen atoms in total. The van der Waals surface area contributed by atoms with Gasteiger partial charge in [0.2, 0.25) is 0 Å². The number of piperidine rings is 1. The molecule has 10 heteroatoms. The molecule has 10 unspecified atom stereocenters. The van der Waals surface area contributed by atoms with Crippen LogP contribution in [-0.4, -0.2) is 113 Å². The van der Waals surface area contributed by atoms with Crippen molar-refractivity contribution in [3.05, 3.63) is 36.0 Å². The van der Waals surface area contributed by atoms with E-state index in [1.165, 1.54) is 0 Å². The molecule has 2 saturated heterocycles. The van der Waals surface area contributed by atoms with Crippen LogP contribution in [0.4, 0.5) is 4.79 Å². The minimum absolute atomic E-state index is 0.0627. The number of cyclic esters (lactones) is 1. The van der Waals surface area contributed by atoms with Crippen LogP contribution in [0.5, 0.6) is 0 Å². The second kappa shape index (κ2) is 17.2. The maximum Gasteiger partial charge on any atom is 0.410 e.